The van der Waals surface area contributed by atoms with Crippen LogP contribution in [-0.2, 0) is 0 Å². The first-order chi connectivity index (χ1) is 6.79. The van der Waals surface area contributed by atoms with Gasteiger partial charge < -0.3 is 0 Å². The van der Waals surface area contributed by atoms with Gasteiger partial charge in [0.1, 0.15) is 0 Å². The molecule has 2 heteroatoms. The lowest BCUT2D eigenvalue weighted by Gasteiger charge is -2.25. The van der Waals surface area contributed by atoms with Gasteiger partial charge in [0.15, 0.2) is 0 Å². The molecule has 2 saturated heterocycles. The van der Waals surface area contributed by atoms with Crippen LogP contribution in [0.2, 0.25) is 0 Å². The van der Waals surface area contributed by atoms with E-state index in [0.717, 1.165) is 11.8 Å². The SMILES string of the molecule is CN1[C@@H]2C=C[C@H]1C1C2[C@@H]2C=C[C@H]1N2C. The van der Waals surface area contributed by atoms with E-state index in [-0.39, 0.29) is 0 Å². The van der Waals surface area contributed by atoms with E-state index in [1.54, 1.807) is 0 Å². The van der Waals surface area contributed by atoms with Crippen LogP contribution in [0.1, 0.15) is 0 Å². The lowest BCUT2D eigenvalue weighted by atomic mass is 9.76. The smallest absolute Gasteiger partial charge is 0.0332 e. The maximum absolute atomic E-state index is 2.56. The molecule has 2 unspecified atom stereocenters. The van der Waals surface area contributed by atoms with Gasteiger partial charge in [0.05, 0.1) is 0 Å². The van der Waals surface area contributed by atoms with Gasteiger partial charge in [-0.3, -0.25) is 9.80 Å². The van der Waals surface area contributed by atoms with E-state index >= 15 is 0 Å². The molecule has 2 nitrogen and oxygen atoms in total. The van der Waals surface area contributed by atoms with Crippen molar-refractivity contribution in [1.29, 1.82) is 0 Å². The molecule has 4 bridgehead atoms. The van der Waals surface area contributed by atoms with Crippen molar-refractivity contribution in [3.05, 3.63) is 24.3 Å². The van der Waals surface area contributed by atoms with Crippen LogP contribution in [0.4, 0.5) is 0 Å². The van der Waals surface area contributed by atoms with Crippen LogP contribution in [0.5, 0.6) is 0 Å². The van der Waals surface area contributed by atoms with Crippen LogP contribution in [0.3, 0.4) is 0 Å². The van der Waals surface area contributed by atoms with Gasteiger partial charge in [0.2, 0.25) is 0 Å². The molecule has 4 aliphatic rings. The Morgan fingerprint density at radius 2 is 0.929 bits per heavy atom. The summed E-state index contributed by atoms with van der Waals surface area (Å²) in [7, 11) is 4.57. The zero-order valence-corrected chi connectivity index (χ0v) is 8.67. The van der Waals surface area contributed by atoms with E-state index in [4.69, 9.17) is 0 Å². The number of fused-ring (bicyclic) bond motifs is 9. The van der Waals surface area contributed by atoms with E-state index in [1.807, 2.05) is 0 Å². The van der Waals surface area contributed by atoms with E-state index in [2.05, 4.69) is 48.2 Å². The molecule has 0 aromatic rings. The molecule has 0 amide bonds. The molecule has 4 rings (SSSR count). The summed E-state index contributed by atoms with van der Waals surface area (Å²) in [5.41, 5.74) is 0. The minimum absolute atomic E-state index is 0.715. The van der Waals surface area contributed by atoms with Crippen LogP contribution in [0, 0.1) is 11.8 Å². The fourth-order valence-electron chi connectivity index (χ4n) is 4.31. The minimum Gasteiger partial charge on any atom is -0.293 e. The van der Waals surface area contributed by atoms with Gasteiger partial charge in [-0.05, 0) is 14.1 Å². The summed E-state index contributed by atoms with van der Waals surface area (Å²) >= 11 is 0. The van der Waals surface area contributed by atoms with Crippen LogP contribution in [0.15, 0.2) is 24.3 Å². The van der Waals surface area contributed by atoms with E-state index in [1.165, 1.54) is 0 Å². The maximum Gasteiger partial charge on any atom is 0.0332 e. The molecule has 0 spiro atoms. The van der Waals surface area contributed by atoms with Gasteiger partial charge in [-0.25, -0.2) is 0 Å². The largest absolute Gasteiger partial charge is 0.293 e. The first-order valence-electron chi connectivity index (χ1n) is 5.59. The Balaban J connectivity index is 1.84. The number of likely N-dealkylation sites (N-methyl/N-ethyl adjacent to an activating group) is 2. The molecule has 4 heterocycles. The van der Waals surface area contributed by atoms with Gasteiger partial charge in [-0.15, -0.1) is 0 Å². The molecular formula is C12H16N2. The normalized spacial score (nSPS) is 59.0. The Labute approximate surface area is 84.9 Å². The van der Waals surface area contributed by atoms with Crippen molar-refractivity contribution in [3.8, 4) is 0 Å². The molecule has 14 heavy (non-hydrogen) atoms. The number of hydrogen-bond acceptors (Lipinski definition) is 2. The molecule has 74 valence electrons. The highest BCUT2D eigenvalue weighted by molar-refractivity contribution is 5.34. The van der Waals surface area contributed by atoms with Gasteiger partial charge in [0.25, 0.3) is 0 Å². The highest BCUT2D eigenvalue weighted by Crippen LogP contribution is 2.53. The summed E-state index contributed by atoms with van der Waals surface area (Å²) in [6.45, 7) is 0. The molecule has 6 atom stereocenters. The average molecular weight is 188 g/mol. The van der Waals surface area contributed by atoms with Crippen LogP contribution in [-0.4, -0.2) is 48.1 Å². The third-order valence-electron chi connectivity index (χ3n) is 4.91. The summed E-state index contributed by atoms with van der Waals surface area (Å²) in [5.74, 6) is 1.74. The van der Waals surface area contributed by atoms with Crippen molar-refractivity contribution >= 4 is 0 Å². The van der Waals surface area contributed by atoms with Crippen molar-refractivity contribution in [2.45, 2.75) is 24.2 Å². The second kappa shape index (κ2) is 2.15. The molecular weight excluding hydrogens is 172 g/mol. The van der Waals surface area contributed by atoms with Crippen molar-refractivity contribution < 1.29 is 0 Å². The van der Waals surface area contributed by atoms with Crippen LogP contribution in [0.25, 0.3) is 0 Å². The lowest BCUT2D eigenvalue weighted by molar-refractivity contribution is 0.223. The summed E-state index contributed by atoms with van der Waals surface area (Å²) in [5, 5.41) is 0. The zero-order chi connectivity index (χ0) is 9.45. The third kappa shape index (κ3) is 0.598. The monoisotopic (exact) mass is 188 g/mol. The van der Waals surface area contributed by atoms with E-state index in [0.29, 0.717) is 24.2 Å². The summed E-state index contributed by atoms with van der Waals surface area (Å²) < 4.78 is 0. The minimum atomic E-state index is 0.715. The molecule has 4 aliphatic heterocycles. The number of rotatable bonds is 0. The summed E-state index contributed by atoms with van der Waals surface area (Å²) in [6, 6.07) is 2.86. The van der Waals surface area contributed by atoms with Gasteiger partial charge in [-0.2, -0.15) is 0 Å². The fraction of sp³-hybridized carbons (Fsp3) is 0.667. The van der Waals surface area contributed by atoms with E-state index in [9.17, 15) is 0 Å². The Morgan fingerprint density at radius 1 is 0.643 bits per heavy atom. The predicted molar refractivity (Wildman–Crippen MR) is 55.9 cm³/mol. The van der Waals surface area contributed by atoms with Gasteiger partial charge in [0, 0.05) is 36.0 Å². The highest BCUT2D eigenvalue weighted by Gasteiger charge is 2.61. The second-order valence-electron chi connectivity index (χ2n) is 5.22. The van der Waals surface area contributed by atoms with Crippen molar-refractivity contribution in [2.24, 2.45) is 11.8 Å². The molecule has 0 aromatic heterocycles. The quantitative estimate of drug-likeness (QED) is 0.517. The van der Waals surface area contributed by atoms with Crippen molar-refractivity contribution in [1.82, 2.24) is 9.80 Å². The van der Waals surface area contributed by atoms with Crippen molar-refractivity contribution in [3.63, 3.8) is 0 Å². The van der Waals surface area contributed by atoms with Gasteiger partial charge >= 0.3 is 0 Å². The molecule has 0 N–H and O–H groups in total. The Morgan fingerprint density at radius 3 is 1.21 bits per heavy atom. The van der Waals surface area contributed by atoms with Crippen LogP contribution < -0.4 is 0 Å². The Bertz CT molecular complexity index is 284. The zero-order valence-electron chi connectivity index (χ0n) is 8.67. The number of nitrogens with zero attached hydrogens (tertiary/aromatic N) is 2. The maximum atomic E-state index is 2.56. The molecule has 0 radical (unpaired) electrons. The standard InChI is InChI=1S/C12H16N2/c1-13-7-3-4-8(13)12-10-6-5-9(11(7)12)14(10)2/h3-12H,1-2H3/t7-,8+,9+,10-,11?,12?. The first-order valence-corrected chi connectivity index (χ1v) is 5.59. The molecule has 0 saturated carbocycles. The topological polar surface area (TPSA) is 6.48 Å². The Hall–Kier alpha value is -0.600. The predicted octanol–water partition coefficient (Wildman–Crippen LogP) is 0.724. The molecule has 2 fully saturated rings. The second-order valence-corrected chi connectivity index (χ2v) is 5.22. The van der Waals surface area contributed by atoms with E-state index < -0.39 is 0 Å². The molecule has 0 aromatic carbocycles. The number of hydrogen-bond donors (Lipinski definition) is 0. The Kier molecular flexibility index (Phi) is 1.17. The summed E-state index contributed by atoms with van der Waals surface area (Å²) in [4.78, 5) is 5.13. The third-order valence-corrected chi connectivity index (χ3v) is 4.91. The molecule has 0 aliphatic carbocycles. The van der Waals surface area contributed by atoms with Gasteiger partial charge in [-0.1, -0.05) is 24.3 Å². The average Bonchev–Trinajstić information content (AvgIpc) is 2.87. The summed E-state index contributed by atoms with van der Waals surface area (Å²) in [6.07, 6.45) is 9.70. The highest BCUT2D eigenvalue weighted by atomic mass is 15.3. The van der Waals surface area contributed by atoms with Crippen LogP contribution >= 0.6 is 0 Å². The van der Waals surface area contributed by atoms with Crippen molar-refractivity contribution in [2.75, 3.05) is 14.1 Å². The first kappa shape index (κ1) is 7.66. The lowest BCUT2D eigenvalue weighted by Crippen LogP contribution is -2.37. The fourth-order valence-corrected chi connectivity index (χ4v) is 4.31.